The Morgan fingerprint density at radius 2 is 1.68 bits per heavy atom. The van der Waals surface area contributed by atoms with Gasteiger partial charge in [0, 0.05) is 28.7 Å². The number of sulfonamides is 1. The Balaban J connectivity index is 1.64. The van der Waals surface area contributed by atoms with Gasteiger partial charge in [-0.05, 0) is 48.7 Å². The first-order chi connectivity index (χ1) is 16.4. The predicted octanol–water partition coefficient (Wildman–Crippen LogP) is 4.72. The minimum atomic E-state index is -3.87. The second-order valence-electron chi connectivity index (χ2n) is 6.73. The number of rotatable bonds is 7. The van der Waals surface area contributed by atoms with Crippen molar-refractivity contribution in [3.63, 3.8) is 0 Å². The van der Waals surface area contributed by atoms with Crippen molar-refractivity contribution >= 4 is 50.8 Å². The van der Waals surface area contributed by atoms with E-state index < -0.39 is 10.0 Å². The molecule has 0 fully saturated rings. The van der Waals surface area contributed by atoms with Crippen molar-refractivity contribution in [3.8, 4) is 17.3 Å². The summed E-state index contributed by atoms with van der Waals surface area (Å²) in [4.78, 5) is 16.7. The highest BCUT2D eigenvalue weighted by molar-refractivity contribution is 7.98. The van der Waals surface area contributed by atoms with Crippen LogP contribution in [0, 0.1) is 11.3 Å². The van der Waals surface area contributed by atoms with Gasteiger partial charge in [0.05, 0.1) is 10.6 Å². The van der Waals surface area contributed by atoms with Crippen molar-refractivity contribution < 1.29 is 8.42 Å². The summed E-state index contributed by atoms with van der Waals surface area (Å²) in [5.74, 6) is 0.280. The molecule has 0 aliphatic heterocycles. The molecule has 2 aromatic carbocycles. The Bertz CT molecular complexity index is 1460. The lowest BCUT2D eigenvalue weighted by molar-refractivity contribution is 0.601. The van der Waals surface area contributed by atoms with Crippen LogP contribution < -0.4 is 10.0 Å². The van der Waals surface area contributed by atoms with Crippen molar-refractivity contribution in [3.05, 3.63) is 77.6 Å². The highest BCUT2D eigenvalue weighted by atomic mass is 35.5. The zero-order chi connectivity index (χ0) is 24.1. The Hall–Kier alpha value is -3.72. The molecule has 170 valence electrons. The summed E-state index contributed by atoms with van der Waals surface area (Å²) in [7, 11) is -3.87. The standard InChI is InChI=1S/C22H16ClN7O2S2/c1-33-22-28-19(14-3-5-15(23)6-4-14)18(13-24)20(29-22)27-16-7-9-17(10-8-16)34(31,32)30-21-25-11-2-12-26-21/h2-12H,1H3,(H,25,26,30)(H,27,28,29). The van der Waals surface area contributed by atoms with Crippen LogP contribution in [0.1, 0.15) is 5.56 Å². The monoisotopic (exact) mass is 509 g/mol. The number of halogens is 1. The largest absolute Gasteiger partial charge is 0.339 e. The van der Waals surface area contributed by atoms with Gasteiger partial charge in [0.15, 0.2) is 11.0 Å². The minimum absolute atomic E-state index is 0.0244. The van der Waals surface area contributed by atoms with Crippen LogP contribution >= 0.6 is 23.4 Å². The van der Waals surface area contributed by atoms with E-state index in [1.165, 1.54) is 36.3 Å². The van der Waals surface area contributed by atoms with E-state index in [0.717, 1.165) is 5.56 Å². The molecular formula is C22H16ClN7O2S2. The first-order valence-electron chi connectivity index (χ1n) is 9.68. The number of benzene rings is 2. The fourth-order valence-corrected chi connectivity index (χ4v) is 4.38. The molecule has 4 rings (SSSR count). The lowest BCUT2D eigenvalue weighted by atomic mass is 10.1. The lowest BCUT2D eigenvalue weighted by Crippen LogP contribution is -2.14. The molecule has 9 nitrogen and oxygen atoms in total. The number of aromatic nitrogens is 4. The second kappa shape index (κ2) is 10.0. The Morgan fingerprint density at radius 3 is 2.29 bits per heavy atom. The van der Waals surface area contributed by atoms with Gasteiger partial charge < -0.3 is 5.32 Å². The number of nitriles is 1. The van der Waals surface area contributed by atoms with Crippen LogP contribution in [0.5, 0.6) is 0 Å². The molecule has 0 unspecified atom stereocenters. The number of anilines is 3. The second-order valence-corrected chi connectivity index (χ2v) is 9.62. The first-order valence-corrected chi connectivity index (χ1v) is 12.8. The smallest absolute Gasteiger partial charge is 0.264 e. The Kier molecular flexibility index (Phi) is 6.93. The average Bonchev–Trinajstić information content (AvgIpc) is 2.85. The maximum atomic E-state index is 12.6. The Morgan fingerprint density at radius 1 is 1.00 bits per heavy atom. The van der Waals surface area contributed by atoms with Crippen molar-refractivity contribution in [2.24, 2.45) is 0 Å². The molecule has 2 N–H and O–H groups in total. The van der Waals surface area contributed by atoms with Crippen LogP contribution in [0.25, 0.3) is 11.3 Å². The van der Waals surface area contributed by atoms with Crippen LogP contribution in [0.4, 0.5) is 17.5 Å². The number of thioether (sulfide) groups is 1. The fourth-order valence-electron chi connectivity index (χ4n) is 2.93. The van der Waals surface area contributed by atoms with Gasteiger partial charge in [-0.2, -0.15) is 5.26 Å². The van der Waals surface area contributed by atoms with E-state index in [1.807, 2.05) is 6.26 Å². The highest BCUT2D eigenvalue weighted by Gasteiger charge is 2.18. The normalized spacial score (nSPS) is 11.0. The minimum Gasteiger partial charge on any atom is -0.339 e. The third-order valence-corrected chi connectivity index (χ3v) is 6.66. The predicted molar refractivity (Wildman–Crippen MR) is 132 cm³/mol. The molecule has 0 spiro atoms. The molecule has 0 radical (unpaired) electrons. The summed E-state index contributed by atoms with van der Waals surface area (Å²) in [5.41, 5.74) is 1.98. The average molecular weight is 510 g/mol. The number of hydrogen-bond acceptors (Lipinski definition) is 9. The highest BCUT2D eigenvalue weighted by Crippen LogP contribution is 2.31. The van der Waals surface area contributed by atoms with Crippen molar-refractivity contribution in [1.82, 2.24) is 19.9 Å². The summed E-state index contributed by atoms with van der Waals surface area (Å²) >= 11 is 7.33. The maximum Gasteiger partial charge on any atom is 0.264 e. The van der Waals surface area contributed by atoms with Crippen LogP contribution in [-0.4, -0.2) is 34.6 Å². The van der Waals surface area contributed by atoms with Gasteiger partial charge >= 0.3 is 0 Å². The van der Waals surface area contributed by atoms with Crippen molar-refractivity contribution in [1.29, 1.82) is 5.26 Å². The van der Waals surface area contributed by atoms with Crippen LogP contribution in [0.3, 0.4) is 0 Å². The molecule has 2 heterocycles. The lowest BCUT2D eigenvalue weighted by Gasteiger charge is -2.13. The van der Waals surface area contributed by atoms with E-state index in [9.17, 15) is 13.7 Å². The van der Waals surface area contributed by atoms with Gasteiger partial charge in [0.25, 0.3) is 10.0 Å². The fraction of sp³-hybridized carbons (Fsp3) is 0.0455. The molecular weight excluding hydrogens is 494 g/mol. The van der Waals surface area contributed by atoms with E-state index in [1.54, 1.807) is 42.5 Å². The molecule has 34 heavy (non-hydrogen) atoms. The topological polar surface area (TPSA) is 134 Å². The molecule has 0 atom stereocenters. The molecule has 0 amide bonds. The summed E-state index contributed by atoms with van der Waals surface area (Å²) in [6.45, 7) is 0. The van der Waals surface area contributed by atoms with E-state index in [4.69, 9.17) is 11.6 Å². The number of nitrogens with zero attached hydrogens (tertiary/aromatic N) is 5. The summed E-state index contributed by atoms with van der Waals surface area (Å²) in [6, 6.07) is 16.8. The van der Waals surface area contributed by atoms with Gasteiger partial charge in [-0.15, -0.1) is 0 Å². The third-order valence-electron chi connectivity index (χ3n) is 4.52. The van der Waals surface area contributed by atoms with Gasteiger partial charge in [-0.1, -0.05) is 35.5 Å². The van der Waals surface area contributed by atoms with E-state index in [-0.39, 0.29) is 16.4 Å². The molecule has 0 aliphatic rings. The van der Waals surface area contributed by atoms with Gasteiger partial charge in [0.1, 0.15) is 11.6 Å². The zero-order valence-corrected chi connectivity index (χ0v) is 20.0. The van der Waals surface area contributed by atoms with E-state index in [0.29, 0.717) is 27.4 Å². The van der Waals surface area contributed by atoms with Crippen LogP contribution in [0.2, 0.25) is 5.02 Å². The molecule has 2 aromatic heterocycles. The van der Waals surface area contributed by atoms with E-state index in [2.05, 4.69) is 36.0 Å². The molecule has 4 aromatic rings. The van der Waals surface area contributed by atoms with E-state index >= 15 is 0 Å². The number of hydrogen-bond donors (Lipinski definition) is 2. The zero-order valence-electron chi connectivity index (χ0n) is 17.6. The van der Waals surface area contributed by atoms with Gasteiger partial charge in [0.2, 0.25) is 5.95 Å². The first kappa shape index (κ1) is 23.4. The maximum absolute atomic E-state index is 12.6. The van der Waals surface area contributed by atoms with Crippen molar-refractivity contribution in [2.45, 2.75) is 10.1 Å². The molecule has 0 saturated carbocycles. The number of nitrogens with one attached hydrogen (secondary N) is 2. The molecule has 0 aliphatic carbocycles. The van der Waals surface area contributed by atoms with Gasteiger partial charge in [-0.25, -0.2) is 33.1 Å². The molecule has 0 bridgehead atoms. The SMILES string of the molecule is CSc1nc(Nc2ccc(S(=O)(=O)Nc3ncccn3)cc2)c(C#N)c(-c2ccc(Cl)cc2)n1. The summed E-state index contributed by atoms with van der Waals surface area (Å²) < 4.78 is 27.5. The molecule has 0 saturated heterocycles. The van der Waals surface area contributed by atoms with Gasteiger partial charge in [-0.3, -0.25) is 0 Å². The summed E-state index contributed by atoms with van der Waals surface area (Å²) in [5, 5.41) is 14.0. The van der Waals surface area contributed by atoms with Crippen LogP contribution in [-0.2, 0) is 10.0 Å². The third kappa shape index (κ3) is 5.26. The summed E-state index contributed by atoms with van der Waals surface area (Å²) in [6.07, 6.45) is 4.71. The van der Waals surface area contributed by atoms with Crippen molar-refractivity contribution in [2.75, 3.05) is 16.3 Å². The molecule has 12 heteroatoms. The van der Waals surface area contributed by atoms with Crippen LogP contribution in [0.15, 0.2) is 77.0 Å². The quantitative estimate of drug-likeness (QED) is 0.268. The Labute approximate surface area is 205 Å².